The molecule has 0 spiro atoms. The van der Waals surface area contributed by atoms with Gasteiger partial charge in [-0.1, -0.05) is 70.8 Å². The summed E-state index contributed by atoms with van der Waals surface area (Å²) in [7, 11) is 0. The molecule has 0 aromatic carbocycles. The smallest absolute Gasteiger partial charge is 0.326 e. The summed E-state index contributed by atoms with van der Waals surface area (Å²) < 4.78 is 0. The molecule has 4 heteroatoms. The van der Waals surface area contributed by atoms with Gasteiger partial charge in [-0.25, -0.2) is 4.79 Å². The van der Waals surface area contributed by atoms with Crippen LogP contribution in [0.4, 0.5) is 0 Å². The van der Waals surface area contributed by atoms with Gasteiger partial charge < -0.3 is 10.4 Å². The van der Waals surface area contributed by atoms with Crippen molar-refractivity contribution in [3.05, 3.63) is 12.2 Å². The lowest BCUT2D eigenvalue weighted by Gasteiger charge is -2.16. The van der Waals surface area contributed by atoms with Crippen LogP contribution in [-0.4, -0.2) is 23.0 Å². The number of carboxylic acid groups (broad SMARTS) is 1. The highest BCUT2D eigenvalue weighted by Gasteiger charge is 2.20. The number of aliphatic carboxylic acids is 1. The van der Waals surface area contributed by atoms with Gasteiger partial charge in [0.05, 0.1) is 0 Å². The summed E-state index contributed by atoms with van der Waals surface area (Å²) in [6, 6.07) is -0.802. The Kier molecular flexibility index (Phi) is 16.7. The van der Waals surface area contributed by atoms with Gasteiger partial charge in [0, 0.05) is 12.8 Å². The molecule has 1 atom stereocenters. The third kappa shape index (κ3) is 17.2. The first-order valence-corrected chi connectivity index (χ1v) is 10.6. The first-order chi connectivity index (χ1) is 13.5. The van der Waals surface area contributed by atoms with Crippen LogP contribution in [-0.2, 0) is 9.59 Å². The number of nitrogens with one attached hydrogen (secondary N) is 1. The lowest BCUT2D eigenvalue weighted by molar-refractivity contribution is -0.142. The molecule has 0 radical (unpaired) electrons. The van der Waals surface area contributed by atoms with Crippen LogP contribution in [0.3, 0.4) is 0 Å². The van der Waals surface area contributed by atoms with E-state index in [9.17, 15) is 9.59 Å². The molecular formula is C24H37NO3. The Labute approximate surface area is 171 Å². The maximum absolute atomic E-state index is 11.8. The van der Waals surface area contributed by atoms with E-state index in [4.69, 9.17) is 5.11 Å². The van der Waals surface area contributed by atoms with Crippen molar-refractivity contribution < 1.29 is 14.7 Å². The molecule has 0 aliphatic rings. The van der Waals surface area contributed by atoms with Gasteiger partial charge in [0.25, 0.3) is 0 Å². The summed E-state index contributed by atoms with van der Waals surface area (Å²) in [5.41, 5.74) is 0. The molecule has 0 aromatic rings. The quantitative estimate of drug-likeness (QED) is 0.322. The molecule has 0 bridgehead atoms. The Morgan fingerprint density at radius 2 is 1.75 bits per heavy atom. The van der Waals surface area contributed by atoms with Gasteiger partial charge in [-0.2, -0.15) is 0 Å². The molecule has 1 amide bonds. The topological polar surface area (TPSA) is 66.4 Å². The van der Waals surface area contributed by atoms with Crippen molar-refractivity contribution in [1.29, 1.82) is 0 Å². The molecule has 0 heterocycles. The van der Waals surface area contributed by atoms with E-state index in [0.29, 0.717) is 19.3 Å². The first-order valence-electron chi connectivity index (χ1n) is 10.6. The second-order valence-corrected chi connectivity index (χ2v) is 7.47. The predicted octanol–water partition coefficient (Wildman–Crippen LogP) is 5.09. The van der Waals surface area contributed by atoms with Crippen molar-refractivity contribution >= 4 is 11.9 Å². The van der Waals surface area contributed by atoms with Crippen LogP contribution >= 0.6 is 0 Å². The minimum Gasteiger partial charge on any atom is -0.480 e. The van der Waals surface area contributed by atoms with E-state index in [-0.39, 0.29) is 11.8 Å². The van der Waals surface area contributed by atoms with Gasteiger partial charge in [-0.05, 0) is 49.5 Å². The SMILES string of the molecule is CCCCCCCCC#CC#C/C=C/CCCC(=O)N[C@@H](CC(C)C)C(=O)O. The van der Waals surface area contributed by atoms with Crippen molar-refractivity contribution in [2.75, 3.05) is 0 Å². The molecule has 28 heavy (non-hydrogen) atoms. The van der Waals surface area contributed by atoms with Gasteiger partial charge in [0.2, 0.25) is 5.91 Å². The highest BCUT2D eigenvalue weighted by atomic mass is 16.4. The summed E-state index contributed by atoms with van der Waals surface area (Å²) >= 11 is 0. The zero-order valence-corrected chi connectivity index (χ0v) is 17.9. The van der Waals surface area contributed by atoms with Crippen molar-refractivity contribution in [2.24, 2.45) is 5.92 Å². The molecule has 4 nitrogen and oxygen atoms in total. The largest absolute Gasteiger partial charge is 0.480 e. The number of carbonyl (C=O) groups is 2. The van der Waals surface area contributed by atoms with Crippen molar-refractivity contribution in [2.45, 2.75) is 97.4 Å². The Morgan fingerprint density at radius 3 is 2.43 bits per heavy atom. The highest BCUT2D eigenvalue weighted by Crippen LogP contribution is 2.07. The molecule has 0 aliphatic carbocycles. The van der Waals surface area contributed by atoms with Crippen LogP contribution in [0.1, 0.15) is 91.4 Å². The number of rotatable bonds is 14. The van der Waals surface area contributed by atoms with Crippen molar-refractivity contribution in [3.8, 4) is 23.7 Å². The molecular weight excluding hydrogens is 350 g/mol. The maximum Gasteiger partial charge on any atom is 0.326 e. The zero-order valence-electron chi connectivity index (χ0n) is 17.9. The van der Waals surface area contributed by atoms with E-state index in [1.54, 1.807) is 6.08 Å². The van der Waals surface area contributed by atoms with E-state index in [2.05, 4.69) is 35.9 Å². The Bertz CT molecular complexity index is 584. The van der Waals surface area contributed by atoms with E-state index in [1.165, 1.54) is 32.1 Å². The number of carbonyl (C=O) groups excluding carboxylic acids is 1. The van der Waals surface area contributed by atoms with Crippen LogP contribution in [0.2, 0.25) is 0 Å². The zero-order chi connectivity index (χ0) is 21.0. The normalized spacial score (nSPS) is 11.4. The average Bonchev–Trinajstić information content (AvgIpc) is 2.64. The number of allylic oxidation sites excluding steroid dienone is 2. The number of hydrogen-bond acceptors (Lipinski definition) is 2. The lowest BCUT2D eigenvalue weighted by atomic mass is 10.0. The van der Waals surface area contributed by atoms with Crippen LogP contribution in [0, 0.1) is 29.6 Å². The van der Waals surface area contributed by atoms with Gasteiger partial charge in [-0.3, -0.25) is 4.79 Å². The van der Waals surface area contributed by atoms with E-state index in [1.807, 2.05) is 19.9 Å². The number of unbranched alkanes of at least 4 members (excludes halogenated alkanes) is 7. The van der Waals surface area contributed by atoms with E-state index < -0.39 is 12.0 Å². The van der Waals surface area contributed by atoms with Gasteiger partial charge in [0.1, 0.15) is 6.04 Å². The summed E-state index contributed by atoms with van der Waals surface area (Å²) in [4.78, 5) is 23.0. The van der Waals surface area contributed by atoms with Crippen LogP contribution in [0.25, 0.3) is 0 Å². The summed E-state index contributed by atoms with van der Waals surface area (Å²) in [6.45, 7) is 6.10. The van der Waals surface area contributed by atoms with Gasteiger partial charge in [-0.15, -0.1) is 0 Å². The molecule has 156 valence electrons. The molecule has 0 fully saturated rings. The molecule has 0 aromatic heterocycles. The fraction of sp³-hybridized carbons (Fsp3) is 0.667. The lowest BCUT2D eigenvalue weighted by Crippen LogP contribution is -2.41. The average molecular weight is 388 g/mol. The van der Waals surface area contributed by atoms with Crippen LogP contribution in [0.15, 0.2) is 12.2 Å². The van der Waals surface area contributed by atoms with E-state index >= 15 is 0 Å². The van der Waals surface area contributed by atoms with Crippen LogP contribution < -0.4 is 5.32 Å². The molecule has 0 unspecified atom stereocenters. The molecule has 0 aliphatic heterocycles. The second-order valence-electron chi connectivity index (χ2n) is 7.47. The van der Waals surface area contributed by atoms with Crippen LogP contribution in [0.5, 0.6) is 0 Å². The molecule has 0 rings (SSSR count). The fourth-order valence-electron chi connectivity index (χ4n) is 2.66. The monoisotopic (exact) mass is 387 g/mol. The number of amides is 1. The van der Waals surface area contributed by atoms with Gasteiger partial charge >= 0.3 is 5.97 Å². The standard InChI is InChI=1S/C24H37NO3/c1-4-5-6-7-8-9-10-11-12-13-14-15-16-17-18-19-23(26)25-22(24(27)28)20-21(2)3/h15-16,21-22H,4-10,17-20H2,1-3H3,(H,25,26)(H,27,28)/b16-15+/t22-/m0/s1. The van der Waals surface area contributed by atoms with Gasteiger partial charge in [0.15, 0.2) is 0 Å². The Morgan fingerprint density at radius 1 is 1.04 bits per heavy atom. The fourth-order valence-corrected chi connectivity index (χ4v) is 2.66. The third-order valence-corrected chi connectivity index (χ3v) is 4.19. The highest BCUT2D eigenvalue weighted by molar-refractivity contribution is 5.83. The summed E-state index contributed by atoms with van der Waals surface area (Å²) in [5.74, 6) is 10.7. The summed E-state index contributed by atoms with van der Waals surface area (Å²) in [5, 5.41) is 11.7. The maximum atomic E-state index is 11.8. The van der Waals surface area contributed by atoms with Crippen molar-refractivity contribution in [1.82, 2.24) is 5.32 Å². The van der Waals surface area contributed by atoms with E-state index in [0.717, 1.165) is 19.3 Å². The Hall–Kier alpha value is -2.20. The predicted molar refractivity (Wildman–Crippen MR) is 116 cm³/mol. The molecule has 0 saturated carbocycles. The minimum absolute atomic E-state index is 0.215. The first kappa shape index (κ1) is 25.8. The Balaban J connectivity index is 3.83. The second kappa shape index (κ2) is 18.2. The number of hydrogen-bond donors (Lipinski definition) is 2. The molecule has 2 N–H and O–H groups in total. The molecule has 0 saturated heterocycles. The number of carboxylic acids is 1. The van der Waals surface area contributed by atoms with Crippen molar-refractivity contribution in [3.63, 3.8) is 0 Å². The summed E-state index contributed by atoms with van der Waals surface area (Å²) in [6.07, 6.45) is 14.4. The third-order valence-electron chi connectivity index (χ3n) is 4.19. The minimum atomic E-state index is -0.977.